The fraction of sp³-hybridized carbons (Fsp3) is 0.0909. The Kier molecular flexibility index (Phi) is 5.77. The first kappa shape index (κ1) is 23.0. The Labute approximate surface area is 203 Å². The zero-order valence-corrected chi connectivity index (χ0v) is 19.0. The summed E-state index contributed by atoms with van der Waals surface area (Å²) in [6, 6.07) is 11.6. The Morgan fingerprint density at radius 2 is 1.94 bits per heavy atom. The number of halogens is 5. The lowest BCUT2D eigenvalue weighted by atomic mass is 10.2. The lowest BCUT2D eigenvalue weighted by Gasteiger charge is -2.10. The Balaban J connectivity index is 1.45. The Bertz CT molecular complexity index is 1540. The number of hydrogen-bond donors (Lipinski definition) is 1. The second-order valence-corrected chi connectivity index (χ2v) is 8.71. The van der Waals surface area contributed by atoms with Crippen LogP contribution in [0.25, 0.3) is 16.2 Å². The van der Waals surface area contributed by atoms with E-state index in [2.05, 4.69) is 20.5 Å². The van der Waals surface area contributed by atoms with Gasteiger partial charge in [0.1, 0.15) is 10.8 Å². The topological polar surface area (TPSA) is 77.1 Å². The van der Waals surface area contributed by atoms with E-state index >= 15 is 0 Å². The summed E-state index contributed by atoms with van der Waals surface area (Å²) in [7, 11) is 0. The van der Waals surface area contributed by atoms with E-state index in [1.165, 1.54) is 34.2 Å². The van der Waals surface area contributed by atoms with Crippen LogP contribution in [-0.2, 0) is 12.7 Å². The molecule has 0 unspecified atom stereocenters. The third-order valence-corrected chi connectivity index (χ3v) is 6.17. The zero-order chi connectivity index (χ0) is 24.7. The van der Waals surface area contributed by atoms with Gasteiger partial charge in [-0.3, -0.25) is 9.48 Å². The number of benzene rings is 1. The number of hydrogen-bond acceptors (Lipinski definition) is 5. The van der Waals surface area contributed by atoms with Crippen LogP contribution in [0.15, 0.2) is 60.1 Å². The van der Waals surface area contributed by atoms with Gasteiger partial charge in [0.25, 0.3) is 5.91 Å². The van der Waals surface area contributed by atoms with E-state index in [0.29, 0.717) is 15.0 Å². The van der Waals surface area contributed by atoms with Crippen LogP contribution >= 0.6 is 22.9 Å². The molecular weight excluding hydrogens is 508 g/mol. The SMILES string of the molecule is O=C(Nc1ccn(Cc2cccc(F)c2)n1)c1nn2c(C(F)(F)F)cc(-c3cccs3)nc2c1Cl. The maximum atomic E-state index is 13.8. The highest BCUT2D eigenvalue weighted by molar-refractivity contribution is 7.13. The minimum atomic E-state index is -4.77. The molecule has 0 aliphatic rings. The number of carbonyl (C=O) groups excluding carboxylic acids is 1. The van der Waals surface area contributed by atoms with Crippen molar-refractivity contribution in [2.75, 3.05) is 5.32 Å². The summed E-state index contributed by atoms with van der Waals surface area (Å²) in [4.78, 5) is 17.5. The third-order valence-electron chi connectivity index (χ3n) is 4.93. The molecule has 178 valence electrons. The Morgan fingerprint density at radius 3 is 2.66 bits per heavy atom. The van der Waals surface area contributed by atoms with Crippen molar-refractivity contribution in [3.05, 3.63) is 87.9 Å². The predicted octanol–water partition coefficient (Wildman–Crippen LogP) is 5.77. The highest BCUT2D eigenvalue weighted by Crippen LogP contribution is 2.35. The molecule has 1 aromatic carbocycles. The van der Waals surface area contributed by atoms with Crippen LogP contribution < -0.4 is 5.32 Å². The van der Waals surface area contributed by atoms with E-state index in [0.717, 1.165) is 6.07 Å². The molecule has 1 N–H and O–H groups in total. The molecule has 0 spiro atoms. The van der Waals surface area contributed by atoms with E-state index in [1.807, 2.05) is 0 Å². The van der Waals surface area contributed by atoms with Crippen molar-refractivity contribution < 1.29 is 22.4 Å². The fourth-order valence-electron chi connectivity index (χ4n) is 3.40. The number of rotatable bonds is 5. The Morgan fingerprint density at radius 1 is 1.11 bits per heavy atom. The summed E-state index contributed by atoms with van der Waals surface area (Å²) in [5.41, 5.74) is -1.14. The second kappa shape index (κ2) is 8.78. The lowest BCUT2D eigenvalue weighted by molar-refractivity contribution is -0.142. The maximum absolute atomic E-state index is 13.8. The van der Waals surface area contributed by atoms with Crippen molar-refractivity contribution in [2.45, 2.75) is 12.7 Å². The number of thiophene rings is 1. The minimum absolute atomic E-state index is 0.0599. The molecule has 4 aromatic heterocycles. The molecule has 0 atom stereocenters. The van der Waals surface area contributed by atoms with Gasteiger partial charge in [-0.05, 0) is 35.2 Å². The van der Waals surface area contributed by atoms with Gasteiger partial charge in [-0.1, -0.05) is 29.8 Å². The van der Waals surface area contributed by atoms with Crippen molar-refractivity contribution in [1.82, 2.24) is 24.4 Å². The molecule has 5 rings (SSSR count). The summed E-state index contributed by atoms with van der Waals surface area (Å²) >= 11 is 7.48. The van der Waals surface area contributed by atoms with E-state index in [1.54, 1.807) is 35.8 Å². The van der Waals surface area contributed by atoms with Gasteiger partial charge in [-0.15, -0.1) is 11.3 Å². The molecule has 0 saturated carbocycles. The fourth-order valence-corrected chi connectivity index (χ4v) is 4.34. The molecule has 0 aliphatic carbocycles. The van der Waals surface area contributed by atoms with Crippen molar-refractivity contribution in [1.29, 1.82) is 0 Å². The van der Waals surface area contributed by atoms with Crippen LogP contribution in [0, 0.1) is 5.82 Å². The molecule has 0 fully saturated rings. The Hall–Kier alpha value is -3.77. The van der Waals surface area contributed by atoms with E-state index < -0.39 is 29.3 Å². The van der Waals surface area contributed by atoms with E-state index in [9.17, 15) is 22.4 Å². The molecule has 0 radical (unpaired) electrons. The summed E-state index contributed by atoms with van der Waals surface area (Å²) < 4.78 is 56.7. The number of anilines is 1. The van der Waals surface area contributed by atoms with Gasteiger partial charge in [0.15, 0.2) is 22.9 Å². The number of alkyl halides is 3. The zero-order valence-electron chi connectivity index (χ0n) is 17.4. The highest BCUT2D eigenvalue weighted by Gasteiger charge is 2.37. The quantitative estimate of drug-likeness (QED) is 0.299. The molecule has 0 aliphatic heterocycles. The first-order chi connectivity index (χ1) is 16.7. The number of aromatic nitrogens is 5. The lowest BCUT2D eigenvalue weighted by Crippen LogP contribution is -2.16. The first-order valence-corrected chi connectivity index (χ1v) is 11.2. The maximum Gasteiger partial charge on any atom is 0.433 e. The molecule has 13 heteroatoms. The van der Waals surface area contributed by atoms with E-state index in [4.69, 9.17) is 11.6 Å². The van der Waals surface area contributed by atoms with Crippen LogP contribution in [-0.4, -0.2) is 30.3 Å². The highest BCUT2D eigenvalue weighted by atomic mass is 35.5. The first-order valence-electron chi connectivity index (χ1n) is 9.98. The van der Waals surface area contributed by atoms with Gasteiger partial charge in [-0.25, -0.2) is 13.9 Å². The summed E-state index contributed by atoms with van der Waals surface area (Å²) in [6.07, 6.45) is -3.21. The molecule has 4 heterocycles. The molecule has 0 bridgehead atoms. The number of fused-ring (bicyclic) bond motifs is 1. The van der Waals surface area contributed by atoms with Gasteiger partial charge in [0.05, 0.1) is 17.1 Å². The number of nitrogens with one attached hydrogen (secondary N) is 1. The van der Waals surface area contributed by atoms with Gasteiger partial charge >= 0.3 is 6.18 Å². The largest absolute Gasteiger partial charge is 0.433 e. The van der Waals surface area contributed by atoms with Crippen LogP contribution in [0.2, 0.25) is 5.02 Å². The predicted molar refractivity (Wildman–Crippen MR) is 122 cm³/mol. The van der Waals surface area contributed by atoms with Crippen molar-refractivity contribution >= 4 is 40.3 Å². The molecule has 1 amide bonds. The standard InChI is InChI=1S/C22H13ClF4N6OS/c23-18-19(21(34)29-17-6-7-32(30-17)11-12-3-1-4-13(24)9-12)31-33-16(22(25,26)27)10-14(28-20(18)33)15-5-2-8-35-15/h1-10H,11H2,(H,29,30,34). The number of nitrogens with zero attached hydrogens (tertiary/aromatic N) is 5. The molecule has 0 saturated heterocycles. The second-order valence-electron chi connectivity index (χ2n) is 7.38. The smallest absolute Gasteiger partial charge is 0.304 e. The normalized spacial score (nSPS) is 11.8. The van der Waals surface area contributed by atoms with Gasteiger partial charge < -0.3 is 5.32 Å². The van der Waals surface area contributed by atoms with E-state index in [-0.39, 0.29) is 28.7 Å². The van der Waals surface area contributed by atoms with Crippen LogP contribution in [0.4, 0.5) is 23.4 Å². The summed E-state index contributed by atoms with van der Waals surface area (Å²) in [6.45, 7) is 0.243. The number of carbonyl (C=O) groups is 1. The van der Waals surface area contributed by atoms with Crippen molar-refractivity contribution in [2.24, 2.45) is 0 Å². The summed E-state index contributed by atoms with van der Waals surface area (Å²) in [5, 5.41) is 11.8. The third kappa shape index (κ3) is 4.62. The van der Waals surface area contributed by atoms with Gasteiger partial charge in [0.2, 0.25) is 0 Å². The van der Waals surface area contributed by atoms with Crippen LogP contribution in [0.1, 0.15) is 21.7 Å². The minimum Gasteiger partial charge on any atom is -0.304 e. The monoisotopic (exact) mass is 520 g/mol. The average Bonchev–Trinajstić information content (AvgIpc) is 3.54. The number of amides is 1. The van der Waals surface area contributed by atoms with Gasteiger partial charge in [-0.2, -0.15) is 23.4 Å². The molecule has 35 heavy (non-hydrogen) atoms. The summed E-state index contributed by atoms with van der Waals surface area (Å²) in [5.74, 6) is -1.14. The molecule has 7 nitrogen and oxygen atoms in total. The van der Waals surface area contributed by atoms with Crippen molar-refractivity contribution in [3.8, 4) is 10.6 Å². The van der Waals surface area contributed by atoms with Crippen LogP contribution in [0.3, 0.4) is 0 Å². The van der Waals surface area contributed by atoms with Crippen LogP contribution in [0.5, 0.6) is 0 Å². The average molecular weight is 521 g/mol. The van der Waals surface area contributed by atoms with Crippen molar-refractivity contribution in [3.63, 3.8) is 0 Å². The molecule has 5 aromatic rings. The van der Waals surface area contributed by atoms with Gasteiger partial charge in [0, 0.05) is 12.3 Å². The molecular formula is C22H13ClF4N6OS.